The van der Waals surface area contributed by atoms with Crippen LogP contribution in [0.4, 0.5) is 10.1 Å². The number of thiocarbonyl (C=S) groups is 1. The van der Waals surface area contributed by atoms with E-state index < -0.39 is 0 Å². The average molecular weight is 266 g/mol. The Bertz CT molecular complexity index is 443. The molecule has 1 aliphatic rings. The van der Waals surface area contributed by atoms with Crippen LogP contribution in [0.5, 0.6) is 0 Å². The molecular formula is C14H19FN2S. The summed E-state index contributed by atoms with van der Waals surface area (Å²) in [5, 5.41) is 0. The van der Waals surface area contributed by atoms with Crippen molar-refractivity contribution in [3.8, 4) is 0 Å². The third-order valence-corrected chi connectivity index (χ3v) is 3.48. The molecule has 1 aromatic rings. The molecule has 0 saturated heterocycles. The van der Waals surface area contributed by atoms with E-state index in [4.69, 9.17) is 18.0 Å². The zero-order valence-corrected chi connectivity index (χ0v) is 11.5. The fraction of sp³-hybridized carbons (Fsp3) is 0.500. The largest absolute Gasteiger partial charge is 0.389 e. The van der Waals surface area contributed by atoms with Crippen LogP contribution in [0.25, 0.3) is 0 Å². The highest BCUT2D eigenvalue weighted by Gasteiger charge is 2.25. The van der Waals surface area contributed by atoms with Gasteiger partial charge in [-0.3, -0.25) is 0 Å². The maximum Gasteiger partial charge on any atom is 0.147 e. The first kappa shape index (κ1) is 13.3. The summed E-state index contributed by atoms with van der Waals surface area (Å²) in [7, 11) is 0. The number of hydrogen-bond donors (Lipinski definition) is 1. The molecule has 98 valence electrons. The minimum atomic E-state index is -0.227. The van der Waals surface area contributed by atoms with Crippen LogP contribution in [0.1, 0.15) is 31.7 Å². The summed E-state index contributed by atoms with van der Waals surface area (Å²) < 4.78 is 14.1. The van der Waals surface area contributed by atoms with Crippen molar-refractivity contribution in [3.63, 3.8) is 0 Å². The number of nitrogens with two attached hydrogens (primary N) is 1. The van der Waals surface area contributed by atoms with Crippen molar-refractivity contribution < 1.29 is 4.39 Å². The summed E-state index contributed by atoms with van der Waals surface area (Å²) in [6.07, 6.45) is 3.56. The Hall–Kier alpha value is -1.16. The predicted molar refractivity (Wildman–Crippen MR) is 77.5 cm³/mol. The quantitative estimate of drug-likeness (QED) is 0.802. The van der Waals surface area contributed by atoms with Crippen molar-refractivity contribution in [1.82, 2.24) is 0 Å². The van der Waals surface area contributed by atoms with Crippen molar-refractivity contribution in [2.24, 2.45) is 11.7 Å². The lowest BCUT2D eigenvalue weighted by molar-refractivity contribution is 0.608. The van der Waals surface area contributed by atoms with Crippen LogP contribution >= 0.6 is 12.2 Å². The lowest BCUT2D eigenvalue weighted by Gasteiger charge is -2.25. The van der Waals surface area contributed by atoms with E-state index in [-0.39, 0.29) is 10.8 Å². The summed E-state index contributed by atoms with van der Waals surface area (Å²) in [6, 6.07) is 5.03. The second-order valence-corrected chi connectivity index (χ2v) is 5.36. The maximum atomic E-state index is 14.1. The number of benzene rings is 1. The second kappa shape index (κ2) is 5.65. The molecule has 0 bridgehead atoms. The van der Waals surface area contributed by atoms with E-state index in [1.807, 2.05) is 0 Å². The summed E-state index contributed by atoms with van der Waals surface area (Å²) >= 11 is 4.86. The topological polar surface area (TPSA) is 29.3 Å². The normalized spacial score (nSPS) is 14.6. The van der Waals surface area contributed by atoms with E-state index in [0.29, 0.717) is 11.3 Å². The minimum absolute atomic E-state index is 0.227. The molecule has 0 spiro atoms. The van der Waals surface area contributed by atoms with Gasteiger partial charge in [-0.1, -0.05) is 19.1 Å². The molecule has 0 radical (unpaired) electrons. The van der Waals surface area contributed by atoms with Crippen molar-refractivity contribution in [3.05, 3.63) is 29.6 Å². The zero-order chi connectivity index (χ0) is 13.1. The third-order valence-electron chi connectivity index (χ3n) is 3.24. The molecule has 2 nitrogen and oxygen atoms in total. The van der Waals surface area contributed by atoms with E-state index in [0.717, 1.165) is 25.4 Å². The molecule has 2 N–H and O–H groups in total. The summed E-state index contributed by atoms with van der Waals surface area (Å²) in [6.45, 7) is 3.96. The number of hydrogen-bond acceptors (Lipinski definition) is 2. The Labute approximate surface area is 113 Å². The molecule has 4 heteroatoms. The van der Waals surface area contributed by atoms with Crippen molar-refractivity contribution in [2.75, 3.05) is 18.0 Å². The number of halogens is 1. The zero-order valence-electron chi connectivity index (χ0n) is 10.7. The first-order valence-electron chi connectivity index (χ1n) is 6.46. The van der Waals surface area contributed by atoms with Gasteiger partial charge in [-0.2, -0.15) is 0 Å². The third kappa shape index (κ3) is 3.19. The highest BCUT2D eigenvalue weighted by Crippen LogP contribution is 2.32. The van der Waals surface area contributed by atoms with Gasteiger partial charge in [0.25, 0.3) is 0 Å². The summed E-state index contributed by atoms with van der Waals surface area (Å²) in [5.74, 6) is 0.514. The Morgan fingerprint density at radius 2 is 2.22 bits per heavy atom. The Morgan fingerprint density at radius 3 is 2.72 bits per heavy atom. The molecule has 0 aromatic heterocycles. The lowest BCUT2D eigenvalue weighted by Crippen LogP contribution is -2.27. The van der Waals surface area contributed by atoms with Gasteiger partial charge in [0.05, 0.1) is 5.69 Å². The van der Waals surface area contributed by atoms with Gasteiger partial charge in [0, 0.05) is 18.7 Å². The van der Waals surface area contributed by atoms with E-state index in [2.05, 4.69) is 11.8 Å². The fourth-order valence-corrected chi connectivity index (χ4v) is 2.24. The van der Waals surface area contributed by atoms with Crippen LogP contribution in [-0.4, -0.2) is 18.1 Å². The molecule has 0 atom stereocenters. The van der Waals surface area contributed by atoms with Gasteiger partial charge >= 0.3 is 0 Å². The molecule has 1 fully saturated rings. The van der Waals surface area contributed by atoms with Crippen molar-refractivity contribution in [2.45, 2.75) is 26.2 Å². The van der Waals surface area contributed by atoms with Gasteiger partial charge < -0.3 is 10.6 Å². The number of nitrogens with zero attached hydrogens (tertiary/aromatic N) is 1. The van der Waals surface area contributed by atoms with Crippen LogP contribution in [-0.2, 0) is 0 Å². The molecular weight excluding hydrogens is 247 g/mol. The smallest absolute Gasteiger partial charge is 0.147 e. The van der Waals surface area contributed by atoms with E-state index in [1.165, 1.54) is 18.9 Å². The minimum Gasteiger partial charge on any atom is -0.389 e. The molecule has 0 amide bonds. The van der Waals surface area contributed by atoms with Crippen molar-refractivity contribution in [1.29, 1.82) is 0 Å². The summed E-state index contributed by atoms with van der Waals surface area (Å²) in [5.41, 5.74) is 6.77. The molecule has 1 aliphatic carbocycles. The molecule has 1 saturated carbocycles. The molecule has 1 aromatic carbocycles. The highest BCUT2D eigenvalue weighted by molar-refractivity contribution is 7.80. The monoisotopic (exact) mass is 266 g/mol. The van der Waals surface area contributed by atoms with E-state index in [1.54, 1.807) is 12.1 Å². The lowest BCUT2D eigenvalue weighted by atomic mass is 10.1. The van der Waals surface area contributed by atoms with Gasteiger partial charge in [-0.05, 0) is 43.4 Å². The van der Waals surface area contributed by atoms with Crippen LogP contribution < -0.4 is 10.6 Å². The number of rotatable bonds is 6. The SMILES string of the molecule is CCCN(CC1CC1)c1ccc(C(N)=S)cc1F. The predicted octanol–water partition coefficient (Wildman–Crippen LogP) is 3.09. The molecule has 2 rings (SSSR count). The molecule has 18 heavy (non-hydrogen) atoms. The van der Waals surface area contributed by atoms with Gasteiger partial charge in [0.15, 0.2) is 0 Å². The van der Waals surface area contributed by atoms with Gasteiger partial charge in [0.1, 0.15) is 10.8 Å². The van der Waals surface area contributed by atoms with Crippen molar-refractivity contribution >= 4 is 22.9 Å². The Morgan fingerprint density at radius 1 is 1.50 bits per heavy atom. The van der Waals surface area contributed by atoms with Gasteiger partial charge in [-0.15, -0.1) is 0 Å². The van der Waals surface area contributed by atoms with Crippen LogP contribution in [0.15, 0.2) is 18.2 Å². The van der Waals surface area contributed by atoms with E-state index >= 15 is 0 Å². The first-order chi connectivity index (χ1) is 8.61. The number of anilines is 1. The Balaban J connectivity index is 2.20. The summed E-state index contributed by atoms with van der Waals surface area (Å²) in [4.78, 5) is 2.38. The van der Waals surface area contributed by atoms with Gasteiger partial charge in [0.2, 0.25) is 0 Å². The molecule has 0 aliphatic heterocycles. The first-order valence-corrected chi connectivity index (χ1v) is 6.87. The molecule has 0 unspecified atom stereocenters. The Kier molecular flexibility index (Phi) is 4.17. The van der Waals surface area contributed by atoms with Gasteiger partial charge in [-0.25, -0.2) is 4.39 Å². The maximum absolute atomic E-state index is 14.1. The fourth-order valence-electron chi connectivity index (χ4n) is 2.11. The van der Waals surface area contributed by atoms with Crippen LogP contribution in [0.2, 0.25) is 0 Å². The van der Waals surface area contributed by atoms with Crippen LogP contribution in [0.3, 0.4) is 0 Å². The van der Waals surface area contributed by atoms with Crippen LogP contribution in [0, 0.1) is 11.7 Å². The molecule has 0 heterocycles. The average Bonchev–Trinajstić information content (AvgIpc) is 3.12. The standard InChI is InChI=1S/C14H19FN2S/c1-2-7-17(9-10-3-4-10)13-6-5-11(14(16)18)8-12(13)15/h5-6,8,10H,2-4,7,9H2,1H3,(H2,16,18). The highest BCUT2D eigenvalue weighted by atomic mass is 32.1. The van der Waals surface area contributed by atoms with E-state index in [9.17, 15) is 4.39 Å². The second-order valence-electron chi connectivity index (χ2n) is 4.92.